The average Bonchev–Trinajstić information content (AvgIpc) is 2.71. The molecule has 2 nitrogen and oxygen atoms in total. The van der Waals surface area contributed by atoms with E-state index in [1.165, 1.54) is 18.4 Å². The van der Waals surface area contributed by atoms with Crippen molar-refractivity contribution in [3.05, 3.63) is 28.2 Å². The minimum absolute atomic E-state index is 0. The molecule has 1 aliphatic heterocycles. The van der Waals surface area contributed by atoms with Gasteiger partial charge >= 0.3 is 0 Å². The molecule has 1 saturated heterocycles. The highest BCUT2D eigenvalue weighted by atomic mass is 79.9. The number of ether oxygens (including phenoxy) is 1. The molecule has 1 aliphatic rings. The number of methoxy groups -OCH3 is 1. The predicted octanol–water partition coefficient (Wildman–Crippen LogP) is 3.30. The van der Waals surface area contributed by atoms with Crippen LogP contribution in [0.2, 0.25) is 0 Å². The summed E-state index contributed by atoms with van der Waals surface area (Å²) >= 11 is 3.45. The second-order valence-corrected chi connectivity index (χ2v) is 4.40. The first-order valence-corrected chi connectivity index (χ1v) is 5.67. The molecule has 1 fully saturated rings. The molecule has 2 rings (SSSR count). The first kappa shape index (κ1) is 12.8. The fourth-order valence-corrected chi connectivity index (χ4v) is 2.27. The van der Waals surface area contributed by atoms with E-state index in [0.717, 1.165) is 16.8 Å². The third-order valence-corrected chi connectivity index (χ3v) is 3.29. The zero-order valence-corrected chi connectivity index (χ0v) is 11.0. The minimum Gasteiger partial charge on any atom is -0.496 e. The Bertz CT molecular complexity index is 326. The predicted molar refractivity (Wildman–Crippen MR) is 67.9 cm³/mol. The topological polar surface area (TPSA) is 21.3 Å². The van der Waals surface area contributed by atoms with Crippen LogP contribution in [-0.2, 0) is 0 Å². The van der Waals surface area contributed by atoms with Crippen molar-refractivity contribution in [2.45, 2.75) is 18.9 Å². The van der Waals surface area contributed by atoms with Crippen molar-refractivity contribution in [3.63, 3.8) is 0 Å². The Morgan fingerprint density at radius 2 is 2.27 bits per heavy atom. The van der Waals surface area contributed by atoms with E-state index < -0.39 is 0 Å². The lowest BCUT2D eigenvalue weighted by Crippen LogP contribution is -2.12. The molecule has 1 unspecified atom stereocenters. The lowest BCUT2D eigenvalue weighted by molar-refractivity contribution is 0.411. The fraction of sp³-hybridized carbons (Fsp3) is 0.455. The van der Waals surface area contributed by atoms with Crippen molar-refractivity contribution < 1.29 is 4.74 Å². The standard InChI is InChI=1S/C11H14BrNO.ClH/c1-14-11-7-8(4-5-9(11)12)10-3-2-6-13-10;/h4-5,7,10,13H,2-3,6H2,1H3;1H. The average molecular weight is 293 g/mol. The summed E-state index contributed by atoms with van der Waals surface area (Å²) in [7, 11) is 1.70. The second kappa shape index (κ2) is 5.73. The van der Waals surface area contributed by atoms with Crippen LogP contribution in [0.5, 0.6) is 5.75 Å². The van der Waals surface area contributed by atoms with Crippen LogP contribution in [0.25, 0.3) is 0 Å². The van der Waals surface area contributed by atoms with E-state index in [-0.39, 0.29) is 12.4 Å². The van der Waals surface area contributed by atoms with Crippen LogP contribution in [0.4, 0.5) is 0 Å². The molecule has 84 valence electrons. The maximum atomic E-state index is 5.27. The highest BCUT2D eigenvalue weighted by Crippen LogP contribution is 2.30. The zero-order valence-electron chi connectivity index (χ0n) is 8.63. The third kappa shape index (κ3) is 2.86. The summed E-state index contributed by atoms with van der Waals surface area (Å²) in [6, 6.07) is 6.81. The van der Waals surface area contributed by atoms with E-state index in [0.29, 0.717) is 6.04 Å². The van der Waals surface area contributed by atoms with Crippen LogP contribution in [0.3, 0.4) is 0 Å². The Kier molecular flexibility index (Phi) is 4.90. The van der Waals surface area contributed by atoms with Crippen molar-refractivity contribution in [3.8, 4) is 5.75 Å². The van der Waals surface area contributed by atoms with Gasteiger partial charge in [0, 0.05) is 6.04 Å². The van der Waals surface area contributed by atoms with E-state index in [2.05, 4.69) is 33.4 Å². The first-order valence-electron chi connectivity index (χ1n) is 4.88. The number of nitrogens with one attached hydrogen (secondary N) is 1. The van der Waals surface area contributed by atoms with Crippen LogP contribution < -0.4 is 10.1 Å². The van der Waals surface area contributed by atoms with Gasteiger partial charge < -0.3 is 10.1 Å². The molecule has 1 aromatic carbocycles. The van der Waals surface area contributed by atoms with Gasteiger partial charge in [0.25, 0.3) is 0 Å². The molecule has 0 aliphatic carbocycles. The Morgan fingerprint density at radius 3 is 2.87 bits per heavy atom. The van der Waals surface area contributed by atoms with Gasteiger partial charge in [-0.25, -0.2) is 0 Å². The fourth-order valence-electron chi connectivity index (χ4n) is 1.86. The third-order valence-electron chi connectivity index (χ3n) is 2.64. The molecule has 0 saturated carbocycles. The van der Waals surface area contributed by atoms with Gasteiger partial charge in [0.15, 0.2) is 0 Å². The summed E-state index contributed by atoms with van der Waals surface area (Å²) in [6.07, 6.45) is 2.49. The van der Waals surface area contributed by atoms with Crippen LogP contribution in [0.15, 0.2) is 22.7 Å². The molecule has 0 bridgehead atoms. The monoisotopic (exact) mass is 291 g/mol. The molecule has 4 heteroatoms. The number of halogens is 2. The van der Waals surface area contributed by atoms with Crippen molar-refractivity contribution in [1.82, 2.24) is 5.32 Å². The highest BCUT2D eigenvalue weighted by Gasteiger charge is 2.16. The lowest BCUT2D eigenvalue weighted by Gasteiger charge is -2.12. The van der Waals surface area contributed by atoms with Crippen LogP contribution in [0.1, 0.15) is 24.4 Å². The van der Waals surface area contributed by atoms with Crippen LogP contribution in [0, 0.1) is 0 Å². The number of hydrogen-bond acceptors (Lipinski definition) is 2. The Labute approximate surface area is 105 Å². The number of benzene rings is 1. The zero-order chi connectivity index (χ0) is 9.97. The van der Waals surface area contributed by atoms with Gasteiger partial charge in [-0.05, 0) is 53.0 Å². The Balaban J connectivity index is 0.00000112. The molecule has 0 amide bonds. The van der Waals surface area contributed by atoms with Gasteiger partial charge in [-0.15, -0.1) is 12.4 Å². The maximum Gasteiger partial charge on any atom is 0.133 e. The summed E-state index contributed by atoms with van der Waals surface area (Å²) < 4.78 is 6.29. The summed E-state index contributed by atoms with van der Waals surface area (Å²) in [4.78, 5) is 0. The molecule has 1 N–H and O–H groups in total. The van der Waals surface area contributed by atoms with Crippen LogP contribution >= 0.6 is 28.3 Å². The van der Waals surface area contributed by atoms with Crippen LogP contribution in [-0.4, -0.2) is 13.7 Å². The van der Waals surface area contributed by atoms with Crippen molar-refractivity contribution >= 4 is 28.3 Å². The quantitative estimate of drug-likeness (QED) is 0.903. The van der Waals surface area contributed by atoms with Gasteiger partial charge in [-0.3, -0.25) is 0 Å². The summed E-state index contributed by atoms with van der Waals surface area (Å²) in [5.74, 6) is 0.913. The smallest absolute Gasteiger partial charge is 0.133 e. The Hall–Kier alpha value is -0.250. The summed E-state index contributed by atoms with van der Waals surface area (Å²) in [5, 5.41) is 3.47. The maximum absolute atomic E-state index is 5.27. The summed E-state index contributed by atoms with van der Waals surface area (Å²) in [5.41, 5.74) is 1.32. The van der Waals surface area contributed by atoms with Crippen molar-refractivity contribution in [2.75, 3.05) is 13.7 Å². The van der Waals surface area contributed by atoms with Crippen molar-refractivity contribution in [2.24, 2.45) is 0 Å². The first-order chi connectivity index (χ1) is 6.81. The van der Waals surface area contributed by atoms with Gasteiger partial charge in [0.05, 0.1) is 11.6 Å². The Morgan fingerprint density at radius 1 is 1.47 bits per heavy atom. The summed E-state index contributed by atoms with van der Waals surface area (Å²) in [6.45, 7) is 1.13. The molecule has 1 atom stereocenters. The molecule has 1 aromatic rings. The van der Waals surface area contributed by atoms with E-state index in [1.807, 2.05) is 6.07 Å². The van der Waals surface area contributed by atoms with Gasteiger partial charge in [0.2, 0.25) is 0 Å². The van der Waals surface area contributed by atoms with E-state index in [1.54, 1.807) is 7.11 Å². The molecular weight excluding hydrogens is 277 g/mol. The number of rotatable bonds is 2. The lowest BCUT2D eigenvalue weighted by atomic mass is 10.1. The second-order valence-electron chi connectivity index (χ2n) is 3.54. The van der Waals surface area contributed by atoms with Gasteiger partial charge in [-0.2, -0.15) is 0 Å². The normalized spacial score (nSPS) is 19.7. The van der Waals surface area contributed by atoms with E-state index in [4.69, 9.17) is 4.74 Å². The number of hydrogen-bond donors (Lipinski definition) is 1. The van der Waals surface area contributed by atoms with E-state index in [9.17, 15) is 0 Å². The SMILES string of the molecule is COc1cc(C2CCCN2)ccc1Br.Cl. The van der Waals surface area contributed by atoms with E-state index >= 15 is 0 Å². The van der Waals surface area contributed by atoms with Gasteiger partial charge in [0.1, 0.15) is 5.75 Å². The van der Waals surface area contributed by atoms with Crippen molar-refractivity contribution in [1.29, 1.82) is 0 Å². The molecule has 1 heterocycles. The molecule has 0 radical (unpaired) electrons. The van der Waals surface area contributed by atoms with Gasteiger partial charge in [-0.1, -0.05) is 6.07 Å². The molecule has 0 aromatic heterocycles. The molecule has 0 spiro atoms. The molecular formula is C11H15BrClNO. The molecule has 15 heavy (non-hydrogen) atoms. The highest BCUT2D eigenvalue weighted by molar-refractivity contribution is 9.10. The largest absolute Gasteiger partial charge is 0.496 e. The minimum atomic E-state index is 0.